The van der Waals surface area contributed by atoms with Gasteiger partial charge < -0.3 is 4.74 Å². The summed E-state index contributed by atoms with van der Waals surface area (Å²) in [5.41, 5.74) is 3.00. The van der Waals surface area contributed by atoms with Gasteiger partial charge in [0, 0.05) is 0 Å². The molecule has 19 heavy (non-hydrogen) atoms. The van der Waals surface area contributed by atoms with Gasteiger partial charge in [-0.05, 0) is 23.6 Å². The van der Waals surface area contributed by atoms with Crippen LogP contribution in [0.25, 0.3) is 0 Å². The van der Waals surface area contributed by atoms with Crippen LogP contribution in [0.4, 0.5) is 0 Å². The van der Waals surface area contributed by atoms with Crippen molar-refractivity contribution < 1.29 is 9.53 Å². The van der Waals surface area contributed by atoms with Crippen molar-refractivity contribution in [3.05, 3.63) is 71.3 Å². The number of carbonyl (C=O) groups is 1. The topological polar surface area (TPSA) is 26.3 Å². The van der Waals surface area contributed by atoms with Crippen LogP contribution in [0, 0.1) is 6.92 Å². The lowest BCUT2D eigenvalue weighted by atomic mass is 10.1. The smallest absolute Gasteiger partial charge is 0.324 e. The molecule has 0 radical (unpaired) electrons. The minimum Gasteiger partial charge on any atom is -0.460 e. The van der Waals surface area contributed by atoms with Crippen LogP contribution in [0.1, 0.15) is 21.5 Å². The zero-order chi connectivity index (χ0) is 13.7. The summed E-state index contributed by atoms with van der Waals surface area (Å²) in [4.78, 5) is 11.6. The summed E-state index contributed by atoms with van der Waals surface area (Å²) in [6, 6.07) is 17.4. The Kier molecular flexibility index (Phi) is 4.74. The first-order valence-corrected chi connectivity index (χ1v) is 7.00. The number of esters is 1. The molecular formula is C16H15BrO2. The van der Waals surface area contributed by atoms with Gasteiger partial charge in [-0.25, -0.2) is 0 Å². The van der Waals surface area contributed by atoms with Gasteiger partial charge in [-0.15, -0.1) is 0 Å². The largest absolute Gasteiger partial charge is 0.460 e. The fraction of sp³-hybridized carbons (Fsp3) is 0.188. The highest BCUT2D eigenvalue weighted by atomic mass is 79.9. The molecule has 0 unspecified atom stereocenters. The fourth-order valence-corrected chi connectivity index (χ4v) is 2.45. The summed E-state index contributed by atoms with van der Waals surface area (Å²) in [5, 5.41) is 0. The lowest BCUT2D eigenvalue weighted by Gasteiger charge is -2.12. The second kappa shape index (κ2) is 6.53. The zero-order valence-corrected chi connectivity index (χ0v) is 12.3. The Morgan fingerprint density at radius 2 is 1.74 bits per heavy atom. The maximum absolute atomic E-state index is 12.0. The van der Waals surface area contributed by atoms with Gasteiger partial charge >= 0.3 is 5.97 Å². The van der Waals surface area contributed by atoms with E-state index in [0.717, 1.165) is 16.7 Å². The van der Waals surface area contributed by atoms with Gasteiger partial charge in [-0.2, -0.15) is 0 Å². The summed E-state index contributed by atoms with van der Waals surface area (Å²) < 4.78 is 5.31. The lowest BCUT2D eigenvalue weighted by Crippen LogP contribution is -2.11. The van der Waals surface area contributed by atoms with Gasteiger partial charge in [0.25, 0.3) is 0 Å². The van der Waals surface area contributed by atoms with E-state index in [-0.39, 0.29) is 5.97 Å². The van der Waals surface area contributed by atoms with Crippen molar-refractivity contribution in [3.8, 4) is 0 Å². The zero-order valence-electron chi connectivity index (χ0n) is 10.7. The van der Waals surface area contributed by atoms with Crippen molar-refractivity contribution in [2.24, 2.45) is 0 Å². The third-order valence-electron chi connectivity index (χ3n) is 2.89. The van der Waals surface area contributed by atoms with Crippen LogP contribution in [0.5, 0.6) is 0 Å². The number of halogens is 1. The molecule has 0 spiro atoms. The van der Waals surface area contributed by atoms with Crippen LogP contribution in [0.15, 0.2) is 54.6 Å². The number of alkyl halides is 1. The molecule has 0 N–H and O–H groups in total. The SMILES string of the molecule is Cc1ccccc1[C@@H](Br)C(=O)OCc1ccccc1. The molecule has 0 aromatic heterocycles. The molecule has 2 nitrogen and oxygen atoms in total. The highest BCUT2D eigenvalue weighted by Crippen LogP contribution is 2.27. The van der Waals surface area contributed by atoms with E-state index >= 15 is 0 Å². The van der Waals surface area contributed by atoms with Crippen LogP contribution in [-0.2, 0) is 16.1 Å². The molecule has 0 heterocycles. The molecule has 0 aliphatic rings. The summed E-state index contributed by atoms with van der Waals surface area (Å²) in [7, 11) is 0. The molecule has 0 aliphatic carbocycles. The van der Waals surface area contributed by atoms with Gasteiger partial charge in [0.15, 0.2) is 0 Å². The first-order chi connectivity index (χ1) is 9.18. The van der Waals surface area contributed by atoms with Gasteiger partial charge in [0.2, 0.25) is 0 Å². The van der Waals surface area contributed by atoms with Crippen molar-refractivity contribution in [3.63, 3.8) is 0 Å². The fourth-order valence-electron chi connectivity index (χ4n) is 1.80. The molecule has 0 saturated heterocycles. The number of benzene rings is 2. The number of aryl methyl sites for hydroxylation is 1. The van der Waals surface area contributed by atoms with Crippen LogP contribution in [0.3, 0.4) is 0 Å². The third-order valence-corrected chi connectivity index (χ3v) is 3.76. The summed E-state index contributed by atoms with van der Waals surface area (Å²) in [5.74, 6) is -0.266. The first kappa shape index (κ1) is 13.8. The molecule has 0 aliphatic heterocycles. The Hall–Kier alpha value is -1.61. The quantitative estimate of drug-likeness (QED) is 0.624. The van der Waals surface area contributed by atoms with Crippen LogP contribution in [-0.4, -0.2) is 5.97 Å². The Balaban J connectivity index is 1.99. The molecule has 1 atom stereocenters. The van der Waals surface area contributed by atoms with Crippen molar-refractivity contribution >= 4 is 21.9 Å². The lowest BCUT2D eigenvalue weighted by molar-refractivity contribution is -0.144. The molecule has 0 saturated carbocycles. The normalized spacial score (nSPS) is 11.9. The van der Waals surface area contributed by atoms with Crippen molar-refractivity contribution in [2.75, 3.05) is 0 Å². The van der Waals surface area contributed by atoms with Crippen LogP contribution < -0.4 is 0 Å². The minimum atomic E-state index is -0.419. The molecule has 0 fully saturated rings. The average Bonchev–Trinajstić information content (AvgIpc) is 2.45. The second-order valence-corrected chi connectivity index (χ2v) is 5.23. The minimum absolute atomic E-state index is 0.266. The first-order valence-electron chi connectivity index (χ1n) is 6.08. The predicted molar refractivity (Wildman–Crippen MR) is 79.1 cm³/mol. The number of ether oxygens (including phenoxy) is 1. The molecule has 3 heteroatoms. The highest BCUT2D eigenvalue weighted by molar-refractivity contribution is 9.09. The monoisotopic (exact) mass is 318 g/mol. The third kappa shape index (κ3) is 3.67. The molecule has 98 valence electrons. The second-order valence-electron chi connectivity index (χ2n) is 4.31. The number of hydrogen-bond donors (Lipinski definition) is 0. The molecule has 2 rings (SSSR count). The Morgan fingerprint density at radius 3 is 2.42 bits per heavy atom. The van der Waals surface area contributed by atoms with Gasteiger partial charge in [0.05, 0.1) is 0 Å². The van der Waals surface area contributed by atoms with E-state index in [0.29, 0.717) is 6.61 Å². The van der Waals surface area contributed by atoms with Crippen molar-refractivity contribution in [1.29, 1.82) is 0 Å². The van der Waals surface area contributed by atoms with E-state index in [1.165, 1.54) is 0 Å². The van der Waals surface area contributed by atoms with E-state index in [1.807, 2.05) is 61.5 Å². The Bertz CT molecular complexity index is 552. The average molecular weight is 319 g/mol. The number of hydrogen-bond acceptors (Lipinski definition) is 2. The highest BCUT2D eigenvalue weighted by Gasteiger charge is 2.20. The van der Waals surface area contributed by atoms with E-state index in [1.54, 1.807) is 0 Å². The molecule has 0 bridgehead atoms. The summed E-state index contributed by atoms with van der Waals surface area (Å²) in [6.45, 7) is 2.28. The van der Waals surface area contributed by atoms with Gasteiger partial charge in [-0.1, -0.05) is 70.5 Å². The summed E-state index contributed by atoms with van der Waals surface area (Å²) >= 11 is 3.40. The van der Waals surface area contributed by atoms with E-state index < -0.39 is 4.83 Å². The maximum atomic E-state index is 12.0. The van der Waals surface area contributed by atoms with Crippen LogP contribution >= 0.6 is 15.9 Å². The van der Waals surface area contributed by atoms with Gasteiger partial charge in [-0.3, -0.25) is 4.79 Å². The van der Waals surface area contributed by atoms with Gasteiger partial charge in [0.1, 0.15) is 11.4 Å². The van der Waals surface area contributed by atoms with E-state index in [9.17, 15) is 4.79 Å². The summed E-state index contributed by atoms with van der Waals surface area (Å²) in [6.07, 6.45) is 0. The Morgan fingerprint density at radius 1 is 1.11 bits per heavy atom. The van der Waals surface area contributed by atoms with Crippen LogP contribution in [0.2, 0.25) is 0 Å². The standard InChI is InChI=1S/C16H15BrO2/c1-12-7-5-6-10-14(12)15(17)16(18)19-11-13-8-3-2-4-9-13/h2-10,15H,11H2,1H3/t15-/m1/s1. The molecule has 2 aromatic rings. The predicted octanol–water partition coefficient (Wildman–Crippen LogP) is 4.17. The van der Waals surface area contributed by atoms with E-state index in [4.69, 9.17) is 4.74 Å². The molecular weight excluding hydrogens is 304 g/mol. The number of rotatable bonds is 4. The van der Waals surface area contributed by atoms with Crippen molar-refractivity contribution in [1.82, 2.24) is 0 Å². The van der Waals surface area contributed by atoms with Crippen molar-refractivity contribution in [2.45, 2.75) is 18.4 Å². The molecule has 2 aromatic carbocycles. The molecule has 0 amide bonds. The Labute approximate surface area is 121 Å². The van der Waals surface area contributed by atoms with E-state index in [2.05, 4.69) is 15.9 Å². The maximum Gasteiger partial charge on any atom is 0.324 e. The number of carbonyl (C=O) groups excluding carboxylic acids is 1.